The van der Waals surface area contributed by atoms with E-state index in [2.05, 4.69) is 101 Å². The first-order valence-corrected chi connectivity index (χ1v) is 46.1. The number of halogens is 4. The topological polar surface area (TPSA) is 302 Å². The number of nitrogens with zero attached hydrogens (tertiary/aromatic N) is 17. The third kappa shape index (κ3) is 20.3. The number of hydrogen-bond donors (Lipinski definition) is 5. The molecule has 0 spiro atoms. The van der Waals surface area contributed by atoms with Crippen LogP contribution in [-0.2, 0) is 0 Å². The van der Waals surface area contributed by atoms with Crippen molar-refractivity contribution >= 4 is 99.9 Å². The van der Waals surface area contributed by atoms with E-state index in [0.29, 0.717) is 74.3 Å². The van der Waals surface area contributed by atoms with E-state index in [1.54, 1.807) is 92.4 Å². The molecule has 5 aliphatic heterocycles. The molecule has 0 aliphatic carbocycles. The van der Waals surface area contributed by atoms with Crippen LogP contribution in [0.5, 0.6) is 17.2 Å². The predicted octanol–water partition coefficient (Wildman–Crippen LogP) is 12.1. The summed E-state index contributed by atoms with van der Waals surface area (Å²) in [4.78, 5) is 107. The van der Waals surface area contributed by atoms with Crippen molar-refractivity contribution in [2.45, 2.75) is 39.3 Å². The quantitative estimate of drug-likeness (QED) is 0.0632. The highest BCUT2D eigenvalue weighted by Gasteiger charge is 2.25. The number of aromatic nitrogens is 12. The highest BCUT2D eigenvalue weighted by molar-refractivity contribution is 7.18. The molecule has 5 saturated heterocycles. The van der Waals surface area contributed by atoms with Crippen LogP contribution in [0.2, 0.25) is 0 Å². The number of benzene rings is 5. The second kappa shape index (κ2) is 40.2. The Labute approximate surface area is 779 Å². The van der Waals surface area contributed by atoms with Gasteiger partial charge in [-0.15, -0.1) is 22.7 Å². The number of nitrogens with one attached hydrogen (secondary N) is 5. The molecule has 5 N–H and O–H groups in total. The summed E-state index contributed by atoms with van der Waals surface area (Å²) >= 11 is 3.31. The average Bonchev–Trinajstić information content (AvgIpc) is 1.71. The van der Waals surface area contributed by atoms with Crippen LogP contribution in [0.25, 0.3) is 105 Å². The Hall–Kier alpha value is -14.4. The zero-order valence-electron chi connectivity index (χ0n) is 75.2. The van der Waals surface area contributed by atoms with E-state index in [0.717, 1.165) is 194 Å². The highest BCUT2D eigenvalue weighted by atomic mass is 32.1. The molecule has 135 heavy (non-hydrogen) atoms. The first-order chi connectivity index (χ1) is 65.5. The Morgan fingerprint density at radius 2 is 0.726 bits per heavy atom. The molecular formula is C99H98F4N22O8S2. The van der Waals surface area contributed by atoms with Gasteiger partial charge in [-0.25, -0.2) is 48.1 Å². The Balaban J connectivity index is 0.000000113. The molecule has 17 aromatic rings. The zero-order chi connectivity index (χ0) is 93.7. The number of anilines is 5. The molecule has 0 bridgehead atoms. The highest BCUT2D eigenvalue weighted by Crippen LogP contribution is 2.34. The van der Waals surface area contributed by atoms with Gasteiger partial charge in [0.15, 0.2) is 34.7 Å². The molecule has 0 saturated carbocycles. The molecule has 17 heterocycles. The minimum Gasteiger partial charge on any atom is -0.494 e. The van der Waals surface area contributed by atoms with E-state index in [9.17, 15) is 41.5 Å². The van der Waals surface area contributed by atoms with Gasteiger partial charge in [0, 0.05) is 207 Å². The van der Waals surface area contributed by atoms with Crippen LogP contribution in [0, 0.1) is 37.1 Å². The molecule has 22 rings (SSSR count). The summed E-state index contributed by atoms with van der Waals surface area (Å²) in [6, 6.07) is 51.1. The van der Waals surface area contributed by atoms with E-state index < -0.39 is 23.3 Å². The predicted molar refractivity (Wildman–Crippen MR) is 524 cm³/mol. The third-order valence-electron chi connectivity index (χ3n) is 24.3. The van der Waals surface area contributed by atoms with Gasteiger partial charge < -0.3 is 65.3 Å². The van der Waals surface area contributed by atoms with Crippen molar-refractivity contribution in [1.29, 1.82) is 0 Å². The van der Waals surface area contributed by atoms with E-state index >= 15 is 0 Å². The number of fused-ring (bicyclic) bond motifs is 7. The van der Waals surface area contributed by atoms with Crippen molar-refractivity contribution in [3.63, 3.8) is 0 Å². The van der Waals surface area contributed by atoms with Crippen LogP contribution in [0.4, 0.5) is 46.1 Å². The summed E-state index contributed by atoms with van der Waals surface area (Å²) < 4.78 is 80.1. The molecule has 12 aromatic heterocycles. The summed E-state index contributed by atoms with van der Waals surface area (Å²) in [5.74, 6) is -2.24. The molecule has 5 fully saturated rings. The second-order valence-electron chi connectivity index (χ2n) is 33.2. The number of pyridine rings is 5. The smallest absolute Gasteiger partial charge is 0.259 e. The van der Waals surface area contributed by atoms with Gasteiger partial charge in [0.25, 0.3) is 27.8 Å². The Morgan fingerprint density at radius 3 is 1.17 bits per heavy atom. The minimum absolute atomic E-state index is 0.0624. The number of aryl methyl sites for hydroxylation is 2. The Morgan fingerprint density at radius 1 is 0.356 bits per heavy atom. The molecule has 5 aromatic carbocycles. The van der Waals surface area contributed by atoms with Crippen molar-refractivity contribution < 1.29 is 31.8 Å². The molecule has 0 unspecified atom stereocenters. The fraction of sp³-hybridized carbons (Fsp3) is 0.273. The molecule has 692 valence electrons. The van der Waals surface area contributed by atoms with Crippen LogP contribution in [0.3, 0.4) is 0 Å². The van der Waals surface area contributed by atoms with Gasteiger partial charge >= 0.3 is 0 Å². The van der Waals surface area contributed by atoms with Gasteiger partial charge in [0.1, 0.15) is 34.1 Å². The molecule has 2 atom stereocenters. The monoisotopic (exact) mass is 1860 g/mol. The lowest BCUT2D eigenvalue weighted by atomic mass is 10.1. The van der Waals surface area contributed by atoms with E-state index in [4.69, 9.17) is 24.2 Å². The number of rotatable bonds is 14. The lowest BCUT2D eigenvalue weighted by Gasteiger charge is -2.33. The number of piperazine rings is 4. The van der Waals surface area contributed by atoms with Crippen LogP contribution >= 0.6 is 22.7 Å². The van der Waals surface area contributed by atoms with Crippen molar-refractivity contribution in [2.75, 3.05) is 164 Å². The zero-order valence-corrected chi connectivity index (χ0v) is 76.8. The Bertz CT molecular complexity index is 7650. The van der Waals surface area contributed by atoms with Crippen LogP contribution in [0.1, 0.15) is 23.4 Å². The normalized spacial score (nSPS) is 15.7. The number of methoxy groups -OCH3 is 3. The average molecular weight is 1860 g/mol. The third-order valence-corrected chi connectivity index (χ3v) is 26.2. The lowest BCUT2D eigenvalue weighted by Crippen LogP contribution is -2.49. The van der Waals surface area contributed by atoms with Crippen molar-refractivity contribution in [3.05, 3.63) is 292 Å². The fourth-order valence-corrected chi connectivity index (χ4v) is 18.9. The van der Waals surface area contributed by atoms with Gasteiger partial charge in [0.05, 0.1) is 97.3 Å². The maximum Gasteiger partial charge on any atom is 0.259 e. The maximum absolute atomic E-state index is 14.0. The number of hydrogen-bond acceptors (Lipinski definition) is 27. The van der Waals surface area contributed by atoms with Crippen LogP contribution in [0.15, 0.2) is 231 Å². The summed E-state index contributed by atoms with van der Waals surface area (Å²) in [5.41, 5.74) is 14.3. The van der Waals surface area contributed by atoms with Crippen molar-refractivity contribution in [1.82, 2.24) is 83.5 Å². The standard InChI is InChI=1S/C21H21N5OS.C20H21FN4O2.C20H19N5OS.C19H18F2N4O2.C19H19FN4O2/c1-13-11-25(8-7-22-13)16-4-6-20-24-18(10-21(27)26(20)12-16)15-3-5-17-19(9-15)28-14(2)23-17;1-22-14-7-8-24(11-14)15-4-6-19-23-17(10-20(26)25(19)12-15)13-3-5-18(27-2)16(21)9-13;1-13-22-16-4-2-14(10-18(16)27-13)17-11-20(26)25-12-15(3-5-19(25)23-17)24-8-6-21-7-9-24;1-27-16-9-12(8-14(20)19(16)21)15-10-18(26)25-11-13(2-3-17(25)23-15)24-6-4-22-5-7-24;1-26-16-4-2-13(10-15(16)20)14-3-5-17-22-18(11-19(25)24(17)12-14)23-8-6-21-7-9-23/h3-6,9-10,12-13,22H,7-8,11H2,1-2H3;3-6,9-10,12,14,22H,7-8,11H2,1-2H3;2-5,10-12,21H,6-9H2,1H3;2-3,8-11,22H,4-7H2,1H3;2-5,10-12,21H,6-9H2,1H3/t13-;14-;;;/m00.../s1. The van der Waals surface area contributed by atoms with E-state index in [1.165, 1.54) is 70.9 Å². The fourth-order valence-electron chi connectivity index (χ4n) is 17.2. The van der Waals surface area contributed by atoms with E-state index in [1.807, 2.05) is 106 Å². The molecule has 0 amide bonds. The molecule has 0 radical (unpaired) electrons. The van der Waals surface area contributed by atoms with Gasteiger partial charge in [-0.1, -0.05) is 18.2 Å². The van der Waals surface area contributed by atoms with Crippen molar-refractivity contribution in [3.8, 4) is 73.4 Å². The molecule has 36 heteroatoms. The summed E-state index contributed by atoms with van der Waals surface area (Å²) in [7, 11) is 6.05. The minimum atomic E-state index is -1.07. The van der Waals surface area contributed by atoms with Gasteiger partial charge in [0.2, 0.25) is 5.82 Å². The SMILES string of the molecule is CN[C@H]1CCN(c2ccc3nc(-c4ccc(OC)c(F)c4)cc(=O)n3c2)C1.COc1cc(-c2cc(=O)n3cc(N4CCNCC4)ccc3n2)cc(F)c1F.COc1ccc(-c2ccc3nc(N4CCNCC4)cc(=O)n3c2)cc1F.Cc1nc2ccc(-c3cc(=O)n4cc(N5CCNCC5)ccc4n3)cc2s1.Cc1nc2ccc(-c3cc(=O)n4cc(N5CCN[C@@H](C)C5)ccc4n3)cc2s1. The number of likely N-dealkylation sites (N-methyl/N-ethyl adjacent to an activating group) is 1. The molecule has 30 nitrogen and oxygen atoms in total. The lowest BCUT2D eigenvalue weighted by molar-refractivity contribution is 0.372. The van der Waals surface area contributed by atoms with Crippen molar-refractivity contribution in [2.24, 2.45) is 0 Å². The number of ether oxygens (including phenoxy) is 3. The largest absolute Gasteiger partial charge is 0.494 e. The van der Waals surface area contributed by atoms with Gasteiger partial charge in [-0.05, 0) is 173 Å². The summed E-state index contributed by atoms with van der Waals surface area (Å²) in [6.07, 6.45) is 10.1. The summed E-state index contributed by atoms with van der Waals surface area (Å²) in [6.45, 7) is 21.6. The first kappa shape index (κ1) is 91.1. The van der Waals surface area contributed by atoms with Crippen LogP contribution < -0.4 is 93.1 Å². The molecular weight excluding hydrogens is 1770 g/mol. The van der Waals surface area contributed by atoms with Crippen LogP contribution in [-0.4, -0.2) is 209 Å². The molecule has 5 aliphatic rings. The first-order valence-electron chi connectivity index (χ1n) is 44.5. The number of thiazole rings is 2. The second-order valence-corrected chi connectivity index (χ2v) is 35.7. The Kier molecular flexibility index (Phi) is 27.1. The maximum atomic E-state index is 14.0. The van der Waals surface area contributed by atoms with E-state index in [-0.39, 0.29) is 56.3 Å². The van der Waals surface area contributed by atoms with Gasteiger partial charge in [-0.3, -0.25) is 46.0 Å². The summed E-state index contributed by atoms with van der Waals surface area (Å²) in [5, 5.41) is 18.7. The van der Waals surface area contributed by atoms with Gasteiger partial charge in [-0.2, -0.15) is 4.39 Å².